The van der Waals surface area contributed by atoms with Crippen molar-refractivity contribution in [1.82, 2.24) is 14.9 Å². The van der Waals surface area contributed by atoms with Gasteiger partial charge in [-0.15, -0.1) is 0 Å². The molecule has 0 unspecified atom stereocenters. The van der Waals surface area contributed by atoms with Crippen LogP contribution in [-0.2, 0) is 11.2 Å². The third-order valence-corrected chi connectivity index (χ3v) is 5.01. The van der Waals surface area contributed by atoms with Gasteiger partial charge in [0.05, 0.1) is 6.61 Å². The van der Waals surface area contributed by atoms with E-state index in [0.717, 1.165) is 30.8 Å². The molecule has 1 aromatic heterocycles. The Morgan fingerprint density at radius 1 is 1.25 bits per heavy atom. The summed E-state index contributed by atoms with van der Waals surface area (Å²) in [6.45, 7) is 7.84. The Kier molecular flexibility index (Phi) is 6.68. The lowest BCUT2D eigenvalue weighted by atomic mass is 10.1. The number of nitrogens with one attached hydrogen (secondary N) is 2. The van der Waals surface area contributed by atoms with E-state index in [1.165, 1.54) is 11.1 Å². The molecule has 2 N–H and O–H groups in total. The topological polar surface area (TPSA) is 79.4 Å². The molecule has 2 aromatic rings. The number of hydrogen-bond acceptors (Lipinski definition) is 6. The maximum absolute atomic E-state index is 11.8. The highest BCUT2D eigenvalue weighted by atomic mass is 16.6. The third kappa shape index (κ3) is 4.91. The number of ether oxygens (including phenoxy) is 1. The van der Waals surface area contributed by atoms with E-state index in [2.05, 4.69) is 52.6 Å². The second-order valence-electron chi connectivity index (χ2n) is 6.96. The summed E-state index contributed by atoms with van der Waals surface area (Å²) in [6.07, 6.45) is 4.21. The number of carbonyl (C=O) groups is 1. The fourth-order valence-corrected chi connectivity index (χ4v) is 3.44. The van der Waals surface area contributed by atoms with Gasteiger partial charge in [0.1, 0.15) is 5.82 Å². The summed E-state index contributed by atoms with van der Waals surface area (Å²) in [5, 5.41) is 6.85. The Balaban J connectivity index is 1.61. The number of amides is 1. The lowest BCUT2D eigenvalue weighted by molar-refractivity contribution is 0.0983. The number of piperidine rings is 1. The van der Waals surface area contributed by atoms with Crippen molar-refractivity contribution in [2.75, 3.05) is 30.3 Å². The second-order valence-corrected chi connectivity index (χ2v) is 6.96. The number of benzene rings is 1. The zero-order valence-electron chi connectivity index (χ0n) is 16.9. The van der Waals surface area contributed by atoms with Gasteiger partial charge in [0.2, 0.25) is 5.95 Å². The van der Waals surface area contributed by atoms with E-state index in [1.54, 1.807) is 11.1 Å². The first-order valence-electron chi connectivity index (χ1n) is 9.97. The minimum Gasteiger partial charge on any atom is -0.450 e. The molecule has 1 aliphatic rings. The predicted octanol–water partition coefficient (Wildman–Crippen LogP) is 4.12. The smallest absolute Gasteiger partial charge is 0.409 e. The largest absolute Gasteiger partial charge is 0.450 e. The van der Waals surface area contributed by atoms with Gasteiger partial charge in [0, 0.05) is 31.0 Å². The van der Waals surface area contributed by atoms with Gasteiger partial charge in [-0.2, -0.15) is 4.98 Å². The molecule has 2 heterocycles. The molecule has 1 amide bonds. The van der Waals surface area contributed by atoms with Crippen LogP contribution in [0.5, 0.6) is 0 Å². The van der Waals surface area contributed by atoms with Crippen LogP contribution in [0.4, 0.5) is 22.2 Å². The lowest BCUT2D eigenvalue weighted by Gasteiger charge is -2.31. The number of carbonyl (C=O) groups excluding carboxylic acids is 1. The van der Waals surface area contributed by atoms with E-state index in [0.29, 0.717) is 25.6 Å². The van der Waals surface area contributed by atoms with Crippen LogP contribution in [-0.4, -0.2) is 46.7 Å². The minimum atomic E-state index is -0.223. The molecule has 7 heteroatoms. The number of para-hydroxylation sites is 1. The van der Waals surface area contributed by atoms with E-state index in [4.69, 9.17) is 4.74 Å². The molecule has 0 saturated carbocycles. The van der Waals surface area contributed by atoms with E-state index in [-0.39, 0.29) is 12.1 Å². The van der Waals surface area contributed by atoms with E-state index >= 15 is 0 Å². The fraction of sp³-hybridized carbons (Fsp3) is 0.476. The summed E-state index contributed by atoms with van der Waals surface area (Å²) < 4.78 is 5.07. The van der Waals surface area contributed by atoms with Crippen LogP contribution in [0.25, 0.3) is 0 Å². The van der Waals surface area contributed by atoms with Crippen molar-refractivity contribution in [1.29, 1.82) is 0 Å². The summed E-state index contributed by atoms with van der Waals surface area (Å²) in [5.41, 5.74) is 3.49. The molecule has 1 aliphatic heterocycles. The number of aromatic nitrogens is 2. The Morgan fingerprint density at radius 2 is 2.04 bits per heavy atom. The zero-order chi connectivity index (χ0) is 19.9. The monoisotopic (exact) mass is 383 g/mol. The number of aryl methyl sites for hydroxylation is 2. The zero-order valence-corrected chi connectivity index (χ0v) is 16.9. The van der Waals surface area contributed by atoms with Gasteiger partial charge in [0.25, 0.3) is 0 Å². The summed E-state index contributed by atoms with van der Waals surface area (Å²) >= 11 is 0. The van der Waals surface area contributed by atoms with Gasteiger partial charge in [-0.25, -0.2) is 9.78 Å². The Bertz CT molecular complexity index is 803. The number of rotatable bonds is 6. The Hall–Kier alpha value is -2.83. The van der Waals surface area contributed by atoms with E-state index in [1.807, 2.05) is 13.0 Å². The second kappa shape index (κ2) is 9.39. The molecule has 7 nitrogen and oxygen atoms in total. The SMILES string of the molecule is CCOC(=O)N1CCC(Nc2ccnc(Nc3c(C)cccc3CC)n2)CC1. The van der Waals surface area contributed by atoms with Crippen LogP contribution in [0.1, 0.15) is 37.8 Å². The molecule has 1 fully saturated rings. The van der Waals surface area contributed by atoms with Crippen molar-refractivity contribution in [2.45, 2.75) is 46.1 Å². The van der Waals surface area contributed by atoms with E-state index < -0.39 is 0 Å². The maximum atomic E-state index is 11.8. The molecule has 1 saturated heterocycles. The lowest BCUT2D eigenvalue weighted by Crippen LogP contribution is -2.42. The van der Waals surface area contributed by atoms with Gasteiger partial charge >= 0.3 is 6.09 Å². The molecule has 3 rings (SSSR count). The van der Waals surface area contributed by atoms with Crippen molar-refractivity contribution >= 4 is 23.5 Å². The summed E-state index contributed by atoms with van der Waals surface area (Å²) in [6, 6.07) is 8.43. The predicted molar refractivity (Wildman–Crippen MR) is 111 cm³/mol. The Morgan fingerprint density at radius 3 is 2.75 bits per heavy atom. The summed E-state index contributed by atoms with van der Waals surface area (Å²) in [4.78, 5) is 22.6. The molecule has 0 spiro atoms. The van der Waals surface area contributed by atoms with Crippen molar-refractivity contribution in [3.05, 3.63) is 41.6 Å². The minimum absolute atomic E-state index is 0.223. The summed E-state index contributed by atoms with van der Waals surface area (Å²) in [5.74, 6) is 1.37. The normalized spacial score (nSPS) is 14.6. The van der Waals surface area contributed by atoms with Gasteiger partial charge in [0.15, 0.2) is 0 Å². The quantitative estimate of drug-likeness (QED) is 0.781. The first-order valence-corrected chi connectivity index (χ1v) is 9.97. The van der Waals surface area contributed by atoms with Crippen molar-refractivity contribution in [2.24, 2.45) is 0 Å². The number of likely N-dealkylation sites (tertiary alicyclic amines) is 1. The highest BCUT2D eigenvalue weighted by molar-refractivity contribution is 5.67. The number of hydrogen-bond donors (Lipinski definition) is 2. The van der Waals surface area contributed by atoms with Gasteiger partial charge in [-0.05, 0) is 50.3 Å². The highest BCUT2D eigenvalue weighted by Gasteiger charge is 2.23. The van der Waals surface area contributed by atoms with Crippen LogP contribution in [0.2, 0.25) is 0 Å². The summed E-state index contributed by atoms with van der Waals surface area (Å²) in [7, 11) is 0. The van der Waals surface area contributed by atoms with Gasteiger partial charge < -0.3 is 20.3 Å². The van der Waals surface area contributed by atoms with Crippen molar-refractivity contribution < 1.29 is 9.53 Å². The number of anilines is 3. The van der Waals surface area contributed by atoms with Crippen molar-refractivity contribution in [3.63, 3.8) is 0 Å². The molecule has 28 heavy (non-hydrogen) atoms. The molecule has 0 aliphatic carbocycles. The van der Waals surface area contributed by atoms with Crippen LogP contribution in [0, 0.1) is 6.92 Å². The molecular formula is C21H29N5O2. The van der Waals surface area contributed by atoms with Crippen molar-refractivity contribution in [3.8, 4) is 0 Å². The maximum Gasteiger partial charge on any atom is 0.409 e. The first-order chi connectivity index (χ1) is 13.6. The molecule has 0 radical (unpaired) electrons. The number of nitrogens with zero attached hydrogens (tertiary/aromatic N) is 3. The fourth-order valence-electron chi connectivity index (χ4n) is 3.44. The Labute approximate surface area is 166 Å². The molecule has 0 atom stereocenters. The van der Waals surface area contributed by atoms with Crippen LogP contribution in [0.15, 0.2) is 30.5 Å². The average molecular weight is 383 g/mol. The van der Waals surface area contributed by atoms with Crippen LogP contribution in [0.3, 0.4) is 0 Å². The van der Waals surface area contributed by atoms with Gasteiger partial charge in [-0.3, -0.25) is 0 Å². The van der Waals surface area contributed by atoms with Crippen LogP contribution >= 0.6 is 0 Å². The first kappa shape index (κ1) is 19.9. The van der Waals surface area contributed by atoms with E-state index in [9.17, 15) is 4.79 Å². The third-order valence-electron chi connectivity index (χ3n) is 5.01. The molecule has 150 valence electrons. The highest BCUT2D eigenvalue weighted by Crippen LogP contribution is 2.24. The standard InChI is InChI=1S/C21H29N5O2/c1-4-16-8-6-7-15(3)19(16)25-20-22-12-9-18(24-20)23-17-10-13-26(14-11-17)21(27)28-5-2/h6-9,12,17H,4-5,10-11,13-14H2,1-3H3,(H2,22,23,24,25). The van der Waals surface area contributed by atoms with Crippen LogP contribution < -0.4 is 10.6 Å². The molecule has 0 bridgehead atoms. The molecular weight excluding hydrogens is 354 g/mol. The average Bonchev–Trinajstić information content (AvgIpc) is 2.70. The molecule has 1 aromatic carbocycles. The van der Waals surface area contributed by atoms with Gasteiger partial charge in [-0.1, -0.05) is 25.1 Å².